The molecule has 78 valence electrons. The standard InChI is InChI=1S/C10H17N3S/c1-8-9(3-2-6-14-8)13-7-10-11-4-5-12-10/h4-5,8-9,13H,2-3,6-7H2,1H3,(H,11,12). The molecule has 0 bridgehead atoms. The highest BCUT2D eigenvalue weighted by Crippen LogP contribution is 2.24. The van der Waals surface area contributed by atoms with Crippen LogP contribution in [0, 0.1) is 0 Å². The number of hydrogen-bond acceptors (Lipinski definition) is 3. The molecule has 1 aliphatic rings. The molecule has 0 aliphatic carbocycles. The van der Waals surface area contributed by atoms with Crippen molar-refractivity contribution in [2.75, 3.05) is 5.75 Å². The van der Waals surface area contributed by atoms with E-state index >= 15 is 0 Å². The second-order valence-electron chi connectivity index (χ2n) is 3.74. The summed E-state index contributed by atoms with van der Waals surface area (Å²) in [5, 5.41) is 4.29. The summed E-state index contributed by atoms with van der Waals surface area (Å²) in [5.74, 6) is 2.35. The molecule has 1 aromatic rings. The van der Waals surface area contributed by atoms with Crippen LogP contribution in [0.3, 0.4) is 0 Å². The average Bonchev–Trinajstić information content (AvgIpc) is 2.69. The van der Waals surface area contributed by atoms with Crippen LogP contribution in [0.5, 0.6) is 0 Å². The Hall–Kier alpha value is -0.480. The van der Waals surface area contributed by atoms with E-state index in [1.807, 2.05) is 6.20 Å². The Bertz CT molecular complexity index is 260. The number of aromatic amines is 1. The van der Waals surface area contributed by atoms with Crippen molar-refractivity contribution >= 4 is 11.8 Å². The normalized spacial score (nSPS) is 27.8. The van der Waals surface area contributed by atoms with Gasteiger partial charge in [0.2, 0.25) is 0 Å². The average molecular weight is 211 g/mol. The molecule has 0 saturated carbocycles. The minimum absolute atomic E-state index is 0.652. The summed E-state index contributed by atoms with van der Waals surface area (Å²) in [6, 6.07) is 0.652. The Balaban J connectivity index is 1.79. The van der Waals surface area contributed by atoms with Crippen molar-refractivity contribution in [3.63, 3.8) is 0 Å². The zero-order valence-electron chi connectivity index (χ0n) is 8.49. The molecule has 2 heterocycles. The van der Waals surface area contributed by atoms with Gasteiger partial charge in [0.25, 0.3) is 0 Å². The summed E-state index contributed by atoms with van der Waals surface area (Å²) in [6.45, 7) is 3.17. The monoisotopic (exact) mass is 211 g/mol. The maximum absolute atomic E-state index is 4.20. The fraction of sp³-hybridized carbons (Fsp3) is 0.700. The first-order valence-electron chi connectivity index (χ1n) is 5.19. The first-order valence-corrected chi connectivity index (χ1v) is 6.24. The van der Waals surface area contributed by atoms with Crippen LogP contribution < -0.4 is 5.32 Å². The topological polar surface area (TPSA) is 40.7 Å². The first-order chi connectivity index (χ1) is 6.86. The van der Waals surface area contributed by atoms with Gasteiger partial charge in [0, 0.05) is 23.7 Å². The van der Waals surface area contributed by atoms with E-state index < -0.39 is 0 Å². The van der Waals surface area contributed by atoms with Crippen molar-refractivity contribution in [1.82, 2.24) is 15.3 Å². The molecule has 0 aromatic carbocycles. The molecule has 0 radical (unpaired) electrons. The molecule has 14 heavy (non-hydrogen) atoms. The van der Waals surface area contributed by atoms with Crippen LogP contribution in [0.15, 0.2) is 12.4 Å². The molecule has 1 fully saturated rings. The highest BCUT2D eigenvalue weighted by Gasteiger charge is 2.20. The molecule has 1 saturated heterocycles. The van der Waals surface area contributed by atoms with E-state index in [2.05, 4.69) is 34.0 Å². The zero-order chi connectivity index (χ0) is 9.80. The van der Waals surface area contributed by atoms with Gasteiger partial charge in [-0.2, -0.15) is 11.8 Å². The number of H-pyrrole nitrogens is 1. The SMILES string of the molecule is CC1SCCCC1NCc1ncc[nH]1. The molecular weight excluding hydrogens is 194 g/mol. The number of imidazole rings is 1. The number of nitrogens with one attached hydrogen (secondary N) is 2. The number of hydrogen-bond donors (Lipinski definition) is 2. The van der Waals surface area contributed by atoms with Gasteiger partial charge in [-0.15, -0.1) is 0 Å². The van der Waals surface area contributed by atoms with Crippen molar-refractivity contribution < 1.29 is 0 Å². The van der Waals surface area contributed by atoms with Crippen molar-refractivity contribution in [3.8, 4) is 0 Å². The van der Waals surface area contributed by atoms with Gasteiger partial charge in [-0.05, 0) is 18.6 Å². The Morgan fingerprint density at radius 1 is 1.71 bits per heavy atom. The van der Waals surface area contributed by atoms with E-state index in [-0.39, 0.29) is 0 Å². The maximum atomic E-state index is 4.20. The van der Waals surface area contributed by atoms with Gasteiger partial charge in [0.1, 0.15) is 5.82 Å². The van der Waals surface area contributed by atoms with E-state index in [0.717, 1.165) is 17.6 Å². The van der Waals surface area contributed by atoms with Crippen molar-refractivity contribution in [2.24, 2.45) is 0 Å². The maximum Gasteiger partial charge on any atom is 0.120 e. The molecule has 4 heteroatoms. The molecule has 2 atom stereocenters. The second-order valence-corrected chi connectivity index (χ2v) is 5.23. The third-order valence-electron chi connectivity index (χ3n) is 2.69. The van der Waals surface area contributed by atoms with Gasteiger partial charge in [0.15, 0.2) is 0 Å². The van der Waals surface area contributed by atoms with Gasteiger partial charge in [0.05, 0.1) is 6.54 Å². The summed E-state index contributed by atoms with van der Waals surface area (Å²) >= 11 is 2.07. The van der Waals surface area contributed by atoms with Gasteiger partial charge in [-0.1, -0.05) is 6.92 Å². The third-order valence-corrected chi connectivity index (χ3v) is 4.07. The molecular formula is C10H17N3S. The highest BCUT2D eigenvalue weighted by molar-refractivity contribution is 7.99. The van der Waals surface area contributed by atoms with Gasteiger partial charge in [-0.25, -0.2) is 4.98 Å². The van der Waals surface area contributed by atoms with E-state index in [1.54, 1.807) is 6.20 Å². The van der Waals surface area contributed by atoms with Gasteiger partial charge in [-0.3, -0.25) is 0 Å². The molecule has 1 aliphatic heterocycles. The molecule has 3 nitrogen and oxygen atoms in total. The highest BCUT2D eigenvalue weighted by atomic mass is 32.2. The van der Waals surface area contributed by atoms with Gasteiger partial charge >= 0.3 is 0 Å². The van der Waals surface area contributed by atoms with Crippen LogP contribution >= 0.6 is 11.8 Å². The minimum Gasteiger partial charge on any atom is -0.348 e. The Morgan fingerprint density at radius 2 is 2.64 bits per heavy atom. The molecule has 2 rings (SSSR count). The largest absolute Gasteiger partial charge is 0.348 e. The lowest BCUT2D eigenvalue weighted by Gasteiger charge is -2.28. The van der Waals surface area contributed by atoms with Crippen molar-refractivity contribution in [1.29, 1.82) is 0 Å². The van der Waals surface area contributed by atoms with Crippen LogP contribution in [0.4, 0.5) is 0 Å². The van der Waals surface area contributed by atoms with Crippen LogP contribution in [-0.2, 0) is 6.54 Å². The third kappa shape index (κ3) is 2.51. The van der Waals surface area contributed by atoms with Crippen LogP contribution in [0.1, 0.15) is 25.6 Å². The molecule has 0 amide bonds. The smallest absolute Gasteiger partial charge is 0.120 e. The predicted molar refractivity (Wildman–Crippen MR) is 60.4 cm³/mol. The fourth-order valence-electron chi connectivity index (χ4n) is 1.81. The lowest BCUT2D eigenvalue weighted by molar-refractivity contribution is 0.456. The summed E-state index contributed by atoms with van der Waals surface area (Å²) in [5.41, 5.74) is 0. The van der Waals surface area contributed by atoms with E-state index in [0.29, 0.717) is 6.04 Å². The summed E-state index contributed by atoms with van der Waals surface area (Å²) in [7, 11) is 0. The number of nitrogens with zero attached hydrogens (tertiary/aromatic N) is 1. The molecule has 1 aromatic heterocycles. The Kier molecular flexibility index (Phi) is 3.48. The van der Waals surface area contributed by atoms with E-state index in [1.165, 1.54) is 18.6 Å². The molecule has 0 spiro atoms. The summed E-state index contributed by atoms with van der Waals surface area (Å²) in [6.07, 6.45) is 6.31. The quantitative estimate of drug-likeness (QED) is 0.800. The van der Waals surface area contributed by atoms with Crippen molar-refractivity contribution in [2.45, 2.75) is 37.6 Å². The number of thioether (sulfide) groups is 1. The second kappa shape index (κ2) is 4.84. The molecule has 2 N–H and O–H groups in total. The minimum atomic E-state index is 0.652. The molecule has 2 unspecified atom stereocenters. The zero-order valence-corrected chi connectivity index (χ0v) is 9.31. The summed E-state index contributed by atoms with van der Waals surface area (Å²) in [4.78, 5) is 7.31. The predicted octanol–water partition coefficient (Wildman–Crippen LogP) is 1.78. The van der Waals surface area contributed by atoms with Crippen LogP contribution in [-0.4, -0.2) is 27.0 Å². The number of aromatic nitrogens is 2. The first kappa shape index (κ1) is 10.1. The summed E-state index contributed by atoms with van der Waals surface area (Å²) < 4.78 is 0. The lowest BCUT2D eigenvalue weighted by Crippen LogP contribution is -2.38. The van der Waals surface area contributed by atoms with Crippen LogP contribution in [0.2, 0.25) is 0 Å². The van der Waals surface area contributed by atoms with E-state index in [9.17, 15) is 0 Å². The van der Waals surface area contributed by atoms with E-state index in [4.69, 9.17) is 0 Å². The Morgan fingerprint density at radius 3 is 3.36 bits per heavy atom. The van der Waals surface area contributed by atoms with Crippen LogP contribution in [0.25, 0.3) is 0 Å². The lowest BCUT2D eigenvalue weighted by atomic mass is 10.1. The number of rotatable bonds is 3. The fourth-order valence-corrected chi connectivity index (χ4v) is 2.98. The van der Waals surface area contributed by atoms with Gasteiger partial charge < -0.3 is 10.3 Å². The van der Waals surface area contributed by atoms with Crippen molar-refractivity contribution in [3.05, 3.63) is 18.2 Å². The Labute approximate surface area is 89.1 Å².